The zero-order valence-corrected chi connectivity index (χ0v) is 22.1. The number of anilines is 2. The molecule has 37 heavy (non-hydrogen) atoms. The minimum absolute atomic E-state index is 0.138. The lowest BCUT2D eigenvalue weighted by Gasteiger charge is -2.24. The van der Waals surface area contributed by atoms with Crippen molar-refractivity contribution in [1.82, 2.24) is 29.6 Å². The Hall–Kier alpha value is -4.05. The molecule has 5 rings (SSSR count). The van der Waals surface area contributed by atoms with E-state index in [-0.39, 0.29) is 12.1 Å². The normalized spacial score (nSPS) is 12.2. The summed E-state index contributed by atoms with van der Waals surface area (Å²) in [5, 5.41) is 8.57. The van der Waals surface area contributed by atoms with Crippen LogP contribution in [0.2, 0.25) is 0 Å². The van der Waals surface area contributed by atoms with E-state index < -0.39 is 0 Å². The van der Waals surface area contributed by atoms with Crippen molar-refractivity contribution < 1.29 is 9.53 Å². The number of nitrogens with one attached hydrogen (secondary N) is 1. The van der Waals surface area contributed by atoms with E-state index in [0.717, 1.165) is 44.3 Å². The molecule has 2 aromatic carbocycles. The summed E-state index contributed by atoms with van der Waals surface area (Å²) >= 11 is 1.60. The van der Waals surface area contributed by atoms with E-state index in [2.05, 4.69) is 31.4 Å². The third kappa shape index (κ3) is 5.39. The van der Waals surface area contributed by atoms with Gasteiger partial charge in [-0.3, -0.25) is 9.48 Å². The van der Waals surface area contributed by atoms with Crippen LogP contribution in [0.1, 0.15) is 27.2 Å². The van der Waals surface area contributed by atoms with E-state index in [0.29, 0.717) is 24.5 Å². The van der Waals surface area contributed by atoms with Crippen LogP contribution in [0.15, 0.2) is 54.6 Å². The van der Waals surface area contributed by atoms with Crippen molar-refractivity contribution in [3.05, 3.63) is 54.6 Å². The topological polar surface area (TPSA) is 98.1 Å². The number of ether oxygens (including phenoxy) is 1. The van der Waals surface area contributed by atoms with Gasteiger partial charge in [0.15, 0.2) is 0 Å². The first-order valence-corrected chi connectivity index (χ1v) is 13.0. The molecule has 190 valence electrons. The van der Waals surface area contributed by atoms with Gasteiger partial charge in [0.1, 0.15) is 17.9 Å². The number of aromatic nitrogens is 5. The van der Waals surface area contributed by atoms with Gasteiger partial charge in [0.25, 0.3) is 0 Å². The maximum atomic E-state index is 11.4. The van der Waals surface area contributed by atoms with E-state index in [1.807, 2.05) is 70.0 Å². The fourth-order valence-corrected chi connectivity index (χ4v) is 4.90. The molecular formula is C27H29N7O2S. The molecule has 3 aromatic heterocycles. The molecule has 1 atom stereocenters. The van der Waals surface area contributed by atoms with Crippen LogP contribution < -0.4 is 10.1 Å². The number of thiazole rings is 1. The molecule has 1 unspecified atom stereocenters. The number of aryl methyl sites for hydroxylation is 1. The number of rotatable bonds is 10. The lowest BCUT2D eigenvalue weighted by molar-refractivity contribution is -0.119. The van der Waals surface area contributed by atoms with Gasteiger partial charge in [0.2, 0.25) is 6.41 Å². The number of hydrogen-bond acceptors (Lipinski definition) is 8. The Bertz CT molecular complexity index is 1540. The molecule has 0 saturated heterocycles. The second-order valence-corrected chi connectivity index (χ2v) is 10.2. The monoisotopic (exact) mass is 515 g/mol. The van der Waals surface area contributed by atoms with Crippen molar-refractivity contribution in [3.8, 4) is 16.9 Å². The summed E-state index contributed by atoms with van der Waals surface area (Å²) in [7, 11) is 1.89. The zero-order chi connectivity index (χ0) is 25.9. The molecule has 0 fully saturated rings. The fourth-order valence-electron chi connectivity index (χ4n) is 4.19. The summed E-state index contributed by atoms with van der Waals surface area (Å²) < 4.78 is 9.37. The van der Waals surface area contributed by atoms with Crippen LogP contribution in [0.25, 0.3) is 32.2 Å². The average molecular weight is 516 g/mol. The van der Waals surface area contributed by atoms with Gasteiger partial charge >= 0.3 is 0 Å². The molecule has 0 spiro atoms. The van der Waals surface area contributed by atoms with Crippen molar-refractivity contribution in [3.63, 3.8) is 0 Å². The summed E-state index contributed by atoms with van der Waals surface area (Å²) in [6, 6.07) is 10.2. The predicted molar refractivity (Wildman–Crippen MR) is 147 cm³/mol. The van der Waals surface area contributed by atoms with Crippen LogP contribution in [-0.2, 0) is 11.8 Å². The Kier molecular flexibility index (Phi) is 7.00. The molecule has 9 nitrogen and oxygen atoms in total. The largest absolute Gasteiger partial charge is 0.490 e. The minimum atomic E-state index is -0.143. The highest BCUT2D eigenvalue weighted by atomic mass is 32.1. The summed E-state index contributed by atoms with van der Waals surface area (Å²) in [5.41, 5.74) is 6.40. The van der Waals surface area contributed by atoms with Gasteiger partial charge in [-0.1, -0.05) is 0 Å². The first kappa shape index (κ1) is 24.6. The van der Waals surface area contributed by atoms with Gasteiger partial charge in [-0.15, -0.1) is 11.3 Å². The molecule has 0 aliphatic rings. The molecule has 1 amide bonds. The molecule has 0 bridgehead atoms. The lowest BCUT2D eigenvalue weighted by atomic mass is 10.1. The van der Waals surface area contributed by atoms with Crippen molar-refractivity contribution in [2.24, 2.45) is 7.05 Å². The Morgan fingerprint density at radius 3 is 2.73 bits per heavy atom. The quantitative estimate of drug-likeness (QED) is 0.248. The van der Waals surface area contributed by atoms with Crippen LogP contribution in [0.5, 0.6) is 5.75 Å². The Balaban J connectivity index is 1.53. The first-order chi connectivity index (χ1) is 17.9. The van der Waals surface area contributed by atoms with Gasteiger partial charge < -0.3 is 15.0 Å². The van der Waals surface area contributed by atoms with Gasteiger partial charge in [-0.2, -0.15) is 5.10 Å². The Morgan fingerprint density at radius 1 is 1.11 bits per heavy atom. The molecular weight excluding hydrogens is 486 g/mol. The average Bonchev–Trinajstić information content (AvgIpc) is 3.52. The molecule has 0 aliphatic heterocycles. The molecule has 5 aromatic rings. The molecule has 1 N–H and O–H groups in total. The first-order valence-electron chi connectivity index (χ1n) is 12.2. The summed E-state index contributed by atoms with van der Waals surface area (Å²) in [6.07, 6.45) is 6.78. The smallest absolute Gasteiger partial charge is 0.209 e. The molecule has 0 saturated carbocycles. The fraction of sp³-hybridized carbons (Fsp3) is 0.296. The van der Waals surface area contributed by atoms with Gasteiger partial charge in [0.05, 0.1) is 38.9 Å². The third-order valence-corrected chi connectivity index (χ3v) is 7.05. The Morgan fingerprint density at radius 2 is 1.97 bits per heavy atom. The van der Waals surface area contributed by atoms with Crippen LogP contribution in [0.4, 0.5) is 11.5 Å². The van der Waals surface area contributed by atoms with E-state index in [1.165, 1.54) is 0 Å². The maximum absolute atomic E-state index is 11.4. The second-order valence-electron chi connectivity index (χ2n) is 9.31. The second kappa shape index (κ2) is 10.5. The highest BCUT2D eigenvalue weighted by Gasteiger charge is 2.18. The lowest BCUT2D eigenvalue weighted by Crippen LogP contribution is -2.32. The van der Waals surface area contributed by atoms with Crippen molar-refractivity contribution in [2.75, 3.05) is 11.9 Å². The highest BCUT2D eigenvalue weighted by molar-refractivity contribution is 7.16. The van der Waals surface area contributed by atoms with E-state index in [1.54, 1.807) is 27.2 Å². The number of benzene rings is 2. The number of carbonyl (C=O) groups is 1. The van der Waals surface area contributed by atoms with Crippen molar-refractivity contribution >= 4 is 50.4 Å². The number of nitrogens with zero attached hydrogens (tertiary/aromatic N) is 6. The Labute approximate surface area is 219 Å². The third-order valence-electron chi connectivity index (χ3n) is 6.25. The van der Waals surface area contributed by atoms with Crippen LogP contribution in [-0.4, -0.2) is 54.7 Å². The standard InChI is InChI=1S/C27H29N7O2S/c1-17(2)34(16-35)8-7-18(3)36-24-10-19(20-12-31-33(4)13-20)9-23-26(24)27(29-14-28-23)32-21-5-6-22-25(11-21)37-15-30-22/h5-6,9-18H,7-8H2,1-4H3,(H,28,29,32). The van der Waals surface area contributed by atoms with Gasteiger partial charge in [0, 0.05) is 43.5 Å². The summed E-state index contributed by atoms with van der Waals surface area (Å²) in [4.78, 5) is 26.7. The molecule has 0 aliphatic carbocycles. The van der Waals surface area contributed by atoms with Crippen LogP contribution in [0, 0.1) is 0 Å². The van der Waals surface area contributed by atoms with Crippen LogP contribution >= 0.6 is 11.3 Å². The van der Waals surface area contributed by atoms with E-state index in [4.69, 9.17) is 4.74 Å². The highest BCUT2D eigenvalue weighted by Crippen LogP contribution is 2.37. The van der Waals surface area contributed by atoms with Gasteiger partial charge in [-0.05, 0) is 56.7 Å². The van der Waals surface area contributed by atoms with Gasteiger partial charge in [-0.25, -0.2) is 15.0 Å². The maximum Gasteiger partial charge on any atom is 0.209 e. The van der Waals surface area contributed by atoms with E-state index in [9.17, 15) is 4.79 Å². The van der Waals surface area contributed by atoms with Crippen LogP contribution in [0.3, 0.4) is 0 Å². The molecule has 0 radical (unpaired) electrons. The molecule has 10 heteroatoms. The SMILES string of the molecule is CC(CCN(C=O)C(C)C)Oc1cc(-c2cnn(C)c2)cc2ncnc(Nc3ccc4ncsc4c3)c12. The molecule has 3 heterocycles. The summed E-state index contributed by atoms with van der Waals surface area (Å²) in [6.45, 7) is 6.63. The predicted octanol–water partition coefficient (Wildman–Crippen LogP) is 5.41. The summed E-state index contributed by atoms with van der Waals surface area (Å²) in [5.74, 6) is 1.33. The zero-order valence-electron chi connectivity index (χ0n) is 21.3. The van der Waals surface area contributed by atoms with Crippen molar-refractivity contribution in [2.45, 2.75) is 39.3 Å². The number of carbonyl (C=O) groups excluding carboxylic acids is 1. The van der Waals surface area contributed by atoms with E-state index >= 15 is 0 Å². The number of hydrogen-bond donors (Lipinski definition) is 1. The van der Waals surface area contributed by atoms with Crippen molar-refractivity contribution in [1.29, 1.82) is 0 Å². The number of fused-ring (bicyclic) bond motifs is 2. The minimum Gasteiger partial charge on any atom is -0.490 e. The number of amides is 1.